The number of piperidine rings is 1. The minimum Gasteiger partial charge on any atom is -0.396 e. The molecule has 2 aliphatic heterocycles. The molecule has 0 amide bonds. The fraction of sp³-hybridized carbons (Fsp3) is 0.412. The van der Waals surface area contributed by atoms with E-state index in [1.54, 1.807) is 0 Å². The molecule has 2 aliphatic rings. The van der Waals surface area contributed by atoms with Crippen LogP contribution in [0.4, 0.5) is 0 Å². The van der Waals surface area contributed by atoms with Crippen LogP contribution in [0.25, 0.3) is 0 Å². The van der Waals surface area contributed by atoms with Crippen molar-refractivity contribution in [3.8, 4) is 0 Å². The lowest BCUT2D eigenvalue weighted by Gasteiger charge is -2.43. The highest BCUT2D eigenvalue weighted by Crippen LogP contribution is 2.40. The number of nitrogens with two attached hydrogens (primary N) is 1. The van der Waals surface area contributed by atoms with Crippen molar-refractivity contribution in [2.75, 3.05) is 13.1 Å². The standard InChI is InChI=1S/C17H19Cl4N3/c18-13-15(22)14(19)17(21)24(16(13)20)12-6-8-23(9-7-12)10-11-4-2-1-3-5-11/h1-5,12,16H,6-10,22H2. The highest BCUT2D eigenvalue weighted by Gasteiger charge is 2.36. The molecule has 0 spiro atoms. The summed E-state index contributed by atoms with van der Waals surface area (Å²) in [5.41, 5.74) is 6.88. The van der Waals surface area contributed by atoms with Gasteiger partial charge in [0.1, 0.15) is 10.7 Å². The molecule has 0 bridgehead atoms. The van der Waals surface area contributed by atoms with Gasteiger partial charge in [0.2, 0.25) is 0 Å². The van der Waals surface area contributed by atoms with Crippen LogP contribution in [0, 0.1) is 0 Å². The molecule has 3 rings (SSSR count). The fourth-order valence-corrected chi connectivity index (χ4v) is 4.43. The Kier molecular flexibility index (Phi) is 5.89. The van der Waals surface area contributed by atoms with E-state index in [0.717, 1.165) is 32.5 Å². The lowest BCUT2D eigenvalue weighted by molar-refractivity contribution is 0.131. The minimum absolute atomic E-state index is 0.197. The van der Waals surface area contributed by atoms with Crippen LogP contribution in [0.3, 0.4) is 0 Å². The Morgan fingerprint density at radius 2 is 1.67 bits per heavy atom. The number of allylic oxidation sites excluding steroid dienone is 1. The van der Waals surface area contributed by atoms with Crippen LogP contribution < -0.4 is 5.73 Å². The molecule has 0 saturated carbocycles. The molecule has 1 atom stereocenters. The van der Waals surface area contributed by atoms with Crippen molar-refractivity contribution >= 4 is 46.4 Å². The van der Waals surface area contributed by atoms with E-state index < -0.39 is 5.50 Å². The normalized spacial score (nSPS) is 24.0. The van der Waals surface area contributed by atoms with E-state index in [1.165, 1.54) is 5.56 Å². The Balaban J connectivity index is 1.65. The van der Waals surface area contributed by atoms with Crippen molar-refractivity contribution in [3.63, 3.8) is 0 Å². The summed E-state index contributed by atoms with van der Waals surface area (Å²) in [6, 6.07) is 10.7. The van der Waals surface area contributed by atoms with E-state index in [0.29, 0.717) is 10.2 Å². The van der Waals surface area contributed by atoms with Crippen LogP contribution in [0.1, 0.15) is 18.4 Å². The lowest BCUT2D eigenvalue weighted by Crippen LogP contribution is -2.48. The Labute approximate surface area is 162 Å². The topological polar surface area (TPSA) is 32.5 Å². The summed E-state index contributed by atoms with van der Waals surface area (Å²) < 4.78 is 0. The molecule has 0 aromatic heterocycles. The van der Waals surface area contributed by atoms with Gasteiger partial charge in [-0.05, 0) is 18.4 Å². The lowest BCUT2D eigenvalue weighted by atomic mass is 10.0. The number of hydrogen-bond donors (Lipinski definition) is 1. The molecule has 2 heterocycles. The van der Waals surface area contributed by atoms with E-state index in [2.05, 4.69) is 29.2 Å². The van der Waals surface area contributed by atoms with Gasteiger partial charge in [-0.2, -0.15) is 0 Å². The second kappa shape index (κ2) is 7.76. The molecule has 0 aliphatic carbocycles. The minimum atomic E-state index is -0.563. The highest BCUT2D eigenvalue weighted by atomic mass is 35.5. The predicted octanol–water partition coefficient (Wildman–Crippen LogP) is 4.59. The van der Waals surface area contributed by atoms with Crippen LogP contribution in [0.15, 0.2) is 51.2 Å². The molecule has 130 valence electrons. The van der Waals surface area contributed by atoms with Gasteiger partial charge in [-0.15, -0.1) is 0 Å². The first-order chi connectivity index (χ1) is 11.5. The SMILES string of the molecule is NC1=C(Cl)C(Cl)N(C2CCN(Cc3ccccc3)CC2)C(Cl)=C1Cl. The molecule has 7 heteroatoms. The Morgan fingerprint density at radius 3 is 2.29 bits per heavy atom. The van der Waals surface area contributed by atoms with Gasteiger partial charge in [0.05, 0.1) is 15.8 Å². The zero-order valence-electron chi connectivity index (χ0n) is 13.1. The molecule has 1 saturated heterocycles. The maximum atomic E-state index is 6.45. The van der Waals surface area contributed by atoms with Crippen molar-refractivity contribution in [3.05, 3.63) is 56.8 Å². The van der Waals surface area contributed by atoms with E-state index in [1.807, 2.05) is 11.0 Å². The van der Waals surface area contributed by atoms with Gasteiger partial charge in [0.15, 0.2) is 0 Å². The van der Waals surface area contributed by atoms with Gasteiger partial charge < -0.3 is 10.6 Å². The number of likely N-dealkylation sites (tertiary alicyclic amines) is 1. The first-order valence-electron chi connectivity index (χ1n) is 7.88. The molecule has 1 aromatic rings. The van der Waals surface area contributed by atoms with Crippen LogP contribution in [0.5, 0.6) is 0 Å². The number of benzene rings is 1. The highest BCUT2D eigenvalue weighted by molar-refractivity contribution is 6.44. The van der Waals surface area contributed by atoms with Gasteiger partial charge in [0.25, 0.3) is 0 Å². The third-order valence-corrected chi connectivity index (χ3v) is 6.37. The van der Waals surface area contributed by atoms with Crippen molar-refractivity contribution < 1.29 is 0 Å². The summed E-state index contributed by atoms with van der Waals surface area (Å²) in [5, 5.41) is 1.02. The molecule has 1 unspecified atom stereocenters. The smallest absolute Gasteiger partial charge is 0.143 e. The average molecular weight is 407 g/mol. The molecule has 24 heavy (non-hydrogen) atoms. The Hall–Kier alpha value is -0.580. The summed E-state index contributed by atoms with van der Waals surface area (Å²) in [5.74, 6) is 0. The largest absolute Gasteiger partial charge is 0.396 e. The third-order valence-electron chi connectivity index (χ3n) is 4.55. The van der Waals surface area contributed by atoms with Gasteiger partial charge in [-0.25, -0.2) is 0 Å². The van der Waals surface area contributed by atoms with Crippen molar-refractivity contribution in [2.24, 2.45) is 5.73 Å². The van der Waals surface area contributed by atoms with Crippen LogP contribution in [0.2, 0.25) is 0 Å². The summed E-state index contributed by atoms with van der Waals surface area (Å²) in [4.78, 5) is 4.33. The van der Waals surface area contributed by atoms with Crippen LogP contribution >= 0.6 is 46.4 Å². The van der Waals surface area contributed by atoms with Gasteiger partial charge in [0, 0.05) is 25.7 Å². The summed E-state index contributed by atoms with van der Waals surface area (Å²) in [7, 11) is 0. The maximum absolute atomic E-state index is 6.45. The van der Waals surface area contributed by atoms with Crippen molar-refractivity contribution in [2.45, 2.75) is 30.9 Å². The molecule has 2 N–H and O–H groups in total. The zero-order chi connectivity index (χ0) is 17.3. The molecule has 3 nitrogen and oxygen atoms in total. The number of rotatable bonds is 3. The fourth-order valence-electron chi connectivity index (χ4n) is 3.22. The number of hydrogen-bond acceptors (Lipinski definition) is 3. The third kappa shape index (κ3) is 3.66. The van der Waals surface area contributed by atoms with Gasteiger partial charge >= 0.3 is 0 Å². The second-order valence-corrected chi connectivity index (χ2v) is 7.66. The quantitative estimate of drug-likeness (QED) is 0.588. The second-order valence-electron chi connectivity index (χ2n) is 6.10. The summed E-state index contributed by atoms with van der Waals surface area (Å²) in [6.45, 7) is 2.90. The number of alkyl halides is 1. The number of halogens is 4. The van der Waals surface area contributed by atoms with Crippen LogP contribution in [-0.4, -0.2) is 34.4 Å². The number of nitrogens with zero attached hydrogens (tertiary/aromatic N) is 2. The molecule has 1 fully saturated rings. The molecular formula is C17H19Cl4N3. The predicted molar refractivity (Wildman–Crippen MR) is 102 cm³/mol. The van der Waals surface area contributed by atoms with Gasteiger partial charge in [-0.1, -0.05) is 76.7 Å². The Bertz CT molecular complexity index is 651. The molecule has 1 aromatic carbocycles. The van der Waals surface area contributed by atoms with Gasteiger partial charge in [-0.3, -0.25) is 4.90 Å². The first-order valence-corrected chi connectivity index (χ1v) is 9.45. The molecular weight excluding hydrogens is 388 g/mol. The van der Waals surface area contributed by atoms with E-state index in [-0.39, 0.29) is 16.8 Å². The van der Waals surface area contributed by atoms with Crippen molar-refractivity contribution in [1.29, 1.82) is 0 Å². The van der Waals surface area contributed by atoms with E-state index >= 15 is 0 Å². The zero-order valence-corrected chi connectivity index (χ0v) is 16.1. The monoisotopic (exact) mass is 405 g/mol. The van der Waals surface area contributed by atoms with Crippen LogP contribution in [-0.2, 0) is 6.54 Å². The van der Waals surface area contributed by atoms with E-state index in [9.17, 15) is 0 Å². The average Bonchev–Trinajstić information content (AvgIpc) is 2.61. The Morgan fingerprint density at radius 1 is 1.04 bits per heavy atom. The summed E-state index contributed by atoms with van der Waals surface area (Å²) in [6.07, 6.45) is 1.89. The van der Waals surface area contributed by atoms with Crippen molar-refractivity contribution in [1.82, 2.24) is 9.80 Å². The summed E-state index contributed by atoms with van der Waals surface area (Å²) >= 11 is 25.3. The maximum Gasteiger partial charge on any atom is 0.143 e. The molecule has 0 radical (unpaired) electrons. The first kappa shape index (κ1) is 18.2. The van der Waals surface area contributed by atoms with E-state index in [4.69, 9.17) is 52.1 Å².